The van der Waals surface area contributed by atoms with Gasteiger partial charge in [0.05, 0.1) is 0 Å². The summed E-state index contributed by atoms with van der Waals surface area (Å²) >= 11 is 0. The molecule has 6 nitrogen and oxygen atoms in total. The van der Waals surface area contributed by atoms with Crippen LogP contribution in [0.2, 0.25) is 0 Å². The maximum Gasteiger partial charge on any atom is 0.324 e. The number of carbonyl (C=O) groups is 2. The van der Waals surface area contributed by atoms with Crippen molar-refractivity contribution in [1.82, 2.24) is 15.2 Å². The first-order valence-corrected chi connectivity index (χ1v) is 10.5. The minimum Gasteiger partial charge on any atom is -0.348 e. The largest absolute Gasteiger partial charge is 0.348 e. The predicted molar refractivity (Wildman–Crippen MR) is 121 cm³/mol. The Morgan fingerprint density at radius 3 is 2.65 bits per heavy atom. The average Bonchev–Trinajstić information content (AvgIpc) is 2.81. The van der Waals surface area contributed by atoms with E-state index in [0.717, 1.165) is 29.8 Å². The molecule has 3 aromatic rings. The van der Waals surface area contributed by atoms with E-state index < -0.39 is 0 Å². The highest BCUT2D eigenvalue weighted by Crippen LogP contribution is 2.23. The van der Waals surface area contributed by atoms with Gasteiger partial charge in [-0.3, -0.25) is 14.7 Å². The summed E-state index contributed by atoms with van der Waals surface area (Å²) in [5.74, 6) is -0.174. The Kier molecular flexibility index (Phi) is 6.26. The van der Waals surface area contributed by atoms with Crippen molar-refractivity contribution in [2.24, 2.45) is 0 Å². The lowest BCUT2D eigenvalue weighted by atomic mass is 10.1. The van der Waals surface area contributed by atoms with Crippen LogP contribution in [0.15, 0.2) is 73.1 Å². The number of nitrogens with zero attached hydrogens (tertiary/aromatic N) is 3. The zero-order chi connectivity index (χ0) is 21.6. The molecule has 2 heterocycles. The van der Waals surface area contributed by atoms with Gasteiger partial charge in [0.25, 0.3) is 5.91 Å². The highest BCUT2D eigenvalue weighted by Gasteiger charge is 2.27. The molecule has 0 saturated carbocycles. The number of rotatable bonds is 6. The van der Waals surface area contributed by atoms with Crippen molar-refractivity contribution in [2.45, 2.75) is 26.4 Å². The number of benzene rings is 2. The fraction of sp³-hybridized carbons (Fsp3) is 0.240. The average molecular weight is 415 g/mol. The van der Waals surface area contributed by atoms with Crippen molar-refractivity contribution in [1.29, 1.82) is 0 Å². The van der Waals surface area contributed by atoms with E-state index >= 15 is 0 Å². The number of pyridine rings is 1. The molecule has 1 saturated heterocycles. The van der Waals surface area contributed by atoms with Gasteiger partial charge in [0, 0.05) is 49.8 Å². The third-order valence-corrected chi connectivity index (χ3v) is 5.40. The Hall–Kier alpha value is -3.67. The lowest BCUT2D eigenvalue weighted by Crippen LogP contribution is -2.49. The summed E-state index contributed by atoms with van der Waals surface area (Å²) in [6, 6.07) is 19.2. The first-order chi connectivity index (χ1) is 15.1. The molecule has 1 fully saturated rings. The van der Waals surface area contributed by atoms with Gasteiger partial charge in [-0.25, -0.2) is 4.79 Å². The van der Waals surface area contributed by atoms with Crippen LogP contribution in [0, 0.1) is 6.92 Å². The van der Waals surface area contributed by atoms with Crippen molar-refractivity contribution >= 4 is 17.6 Å². The number of urea groups is 1. The highest BCUT2D eigenvalue weighted by atomic mass is 16.2. The van der Waals surface area contributed by atoms with Crippen molar-refractivity contribution < 1.29 is 9.59 Å². The van der Waals surface area contributed by atoms with Crippen molar-refractivity contribution in [3.8, 4) is 0 Å². The summed E-state index contributed by atoms with van der Waals surface area (Å²) in [6.45, 7) is 4.42. The second-order valence-electron chi connectivity index (χ2n) is 7.79. The van der Waals surface area contributed by atoms with Crippen molar-refractivity contribution in [2.75, 3.05) is 18.0 Å². The second-order valence-corrected chi connectivity index (χ2v) is 7.79. The standard InChI is InChI=1S/C25H26N4O2/c1-19-8-10-20(11-9-19)18-28-13-4-14-29(25(28)31)23-7-2-6-22(15-23)24(30)27-17-21-5-3-12-26-16-21/h2-3,5-12,15-16H,4,13-14,17-18H2,1H3,(H,27,30). The monoisotopic (exact) mass is 414 g/mol. The number of aromatic nitrogens is 1. The van der Waals surface area contributed by atoms with Crippen LogP contribution in [-0.2, 0) is 13.1 Å². The van der Waals surface area contributed by atoms with Crippen LogP contribution >= 0.6 is 0 Å². The summed E-state index contributed by atoms with van der Waals surface area (Å²) in [7, 11) is 0. The van der Waals surface area contributed by atoms with Gasteiger partial charge in [0.2, 0.25) is 0 Å². The number of carbonyl (C=O) groups excluding carboxylic acids is 2. The van der Waals surface area contributed by atoms with Gasteiger partial charge >= 0.3 is 6.03 Å². The number of amides is 3. The topological polar surface area (TPSA) is 65.5 Å². The summed E-state index contributed by atoms with van der Waals surface area (Å²) in [6.07, 6.45) is 4.31. The highest BCUT2D eigenvalue weighted by molar-refractivity contribution is 5.98. The van der Waals surface area contributed by atoms with Crippen LogP contribution in [0.4, 0.5) is 10.5 Å². The van der Waals surface area contributed by atoms with E-state index in [2.05, 4.69) is 41.5 Å². The third kappa shape index (κ3) is 5.09. The molecule has 0 bridgehead atoms. The number of hydrogen-bond acceptors (Lipinski definition) is 3. The zero-order valence-electron chi connectivity index (χ0n) is 17.6. The van der Waals surface area contributed by atoms with Gasteiger partial charge in [-0.1, -0.05) is 42.0 Å². The Morgan fingerprint density at radius 2 is 1.87 bits per heavy atom. The van der Waals surface area contributed by atoms with Gasteiger partial charge in [-0.2, -0.15) is 0 Å². The van der Waals surface area contributed by atoms with E-state index in [1.54, 1.807) is 29.4 Å². The van der Waals surface area contributed by atoms with Crippen LogP contribution in [-0.4, -0.2) is 34.9 Å². The van der Waals surface area contributed by atoms with Crippen LogP contribution in [0.1, 0.15) is 33.5 Å². The van der Waals surface area contributed by atoms with E-state index in [-0.39, 0.29) is 11.9 Å². The van der Waals surface area contributed by atoms with Gasteiger partial charge in [-0.15, -0.1) is 0 Å². The first kappa shape index (κ1) is 20.6. The van der Waals surface area contributed by atoms with Crippen LogP contribution in [0.5, 0.6) is 0 Å². The van der Waals surface area contributed by atoms with E-state index in [0.29, 0.717) is 25.2 Å². The van der Waals surface area contributed by atoms with Crippen LogP contribution in [0.25, 0.3) is 0 Å². The molecule has 0 aliphatic carbocycles. The molecule has 31 heavy (non-hydrogen) atoms. The molecule has 0 atom stereocenters. The lowest BCUT2D eigenvalue weighted by Gasteiger charge is -2.36. The van der Waals surface area contributed by atoms with E-state index in [1.807, 2.05) is 29.2 Å². The van der Waals surface area contributed by atoms with E-state index in [4.69, 9.17) is 0 Å². The molecule has 0 unspecified atom stereocenters. The molecule has 0 radical (unpaired) electrons. The molecule has 4 rings (SSSR count). The molecule has 1 aliphatic heterocycles. The molecular weight excluding hydrogens is 388 g/mol. The summed E-state index contributed by atoms with van der Waals surface area (Å²) in [5, 5.41) is 2.91. The van der Waals surface area contributed by atoms with Crippen molar-refractivity contribution in [3.05, 3.63) is 95.3 Å². The van der Waals surface area contributed by atoms with Crippen LogP contribution in [0.3, 0.4) is 0 Å². The molecule has 158 valence electrons. The molecular formula is C25H26N4O2. The predicted octanol–water partition coefficient (Wildman–Crippen LogP) is 4.15. The summed E-state index contributed by atoms with van der Waals surface area (Å²) < 4.78 is 0. The summed E-state index contributed by atoms with van der Waals surface area (Å²) in [5.41, 5.74) is 4.53. The maximum atomic E-state index is 13.1. The molecule has 1 N–H and O–H groups in total. The van der Waals surface area contributed by atoms with Gasteiger partial charge < -0.3 is 10.2 Å². The maximum absolute atomic E-state index is 13.1. The fourth-order valence-corrected chi connectivity index (χ4v) is 3.68. The van der Waals surface area contributed by atoms with Gasteiger partial charge in [-0.05, 0) is 48.7 Å². The minimum absolute atomic E-state index is 0.0280. The number of nitrogens with one attached hydrogen (secondary N) is 1. The molecule has 0 spiro atoms. The Labute approximate surface area is 182 Å². The number of hydrogen-bond donors (Lipinski definition) is 1. The van der Waals surface area contributed by atoms with E-state index in [9.17, 15) is 9.59 Å². The van der Waals surface area contributed by atoms with Gasteiger partial charge in [0.1, 0.15) is 0 Å². The smallest absolute Gasteiger partial charge is 0.324 e. The van der Waals surface area contributed by atoms with Gasteiger partial charge in [0.15, 0.2) is 0 Å². The Balaban J connectivity index is 1.44. The fourth-order valence-electron chi connectivity index (χ4n) is 3.68. The van der Waals surface area contributed by atoms with Crippen LogP contribution < -0.4 is 10.2 Å². The molecule has 6 heteroatoms. The Bertz CT molecular complexity index is 1050. The number of anilines is 1. The molecule has 1 aliphatic rings. The lowest BCUT2D eigenvalue weighted by molar-refractivity contribution is 0.0951. The normalized spacial score (nSPS) is 13.9. The third-order valence-electron chi connectivity index (χ3n) is 5.40. The quantitative estimate of drug-likeness (QED) is 0.659. The Morgan fingerprint density at radius 1 is 1.03 bits per heavy atom. The zero-order valence-corrected chi connectivity index (χ0v) is 17.6. The molecule has 3 amide bonds. The molecule has 2 aromatic carbocycles. The first-order valence-electron chi connectivity index (χ1n) is 10.5. The van der Waals surface area contributed by atoms with Crippen molar-refractivity contribution in [3.63, 3.8) is 0 Å². The van der Waals surface area contributed by atoms with E-state index in [1.165, 1.54) is 5.56 Å². The SMILES string of the molecule is Cc1ccc(CN2CCCN(c3cccc(C(=O)NCc4cccnc4)c3)C2=O)cc1. The number of aryl methyl sites for hydroxylation is 1. The minimum atomic E-state index is -0.174. The second kappa shape index (κ2) is 9.43. The summed E-state index contributed by atoms with van der Waals surface area (Å²) in [4.78, 5) is 33.4. The molecule has 1 aromatic heterocycles.